The summed E-state index contributed by atoms with van der Waals surface area (Å²) in [7, 11) is 0. The molecule has 88 valence electrons. The third-order valence-electron chi connectivity index (χ3n) is 2.17. The van der Waals surface area contributed by atoms with E-state index in [0.29, 0.717) is 12.1 Å². The summed E-state index contributed by atoms with van der Waals surface area (Å²) in [6.45, 7) is 0. The highest BCUT2D eigenvalue weighted by Crippen LogP contribution is 2.33. The zero-order chi connectivity index (χ0) is 12.6. The monoisotopic (exact) mass is 240 g/mol. The lowest BCUT2D eigenvalue weighted by atomic mass is 10.1. The van der Waals surface area contributed by atoms with E-state index >= 15 is 0 Å². The Balaban J connectivity index is 2.72. The summed E-state index contributed by atoms with van der Waals surface area (Å²) in [6, 6.07) is 1.21. The molecule has 0 spiro atoms. The van der Waals surface area contributed by atoms with Crippen LogP contribution in [0.1, 0.15) is 0 Å². The van der Waals surface area contributed by atoms with Crippen LogP contribution in [0.5, 0.6) is 0 Å². The Hall–Kier alpha value is -2.51. The number of aromatic nitrogens is 2. The molecule has 0 saturated carbocycles. The van der Waals surface area contributed by atoms with Crippen LogP contribution < -0.4 is 5.73 Å². The number of nitrogens with zero attached hydrogens (tertiary/aromatic N) is 2. The number of benzene rings is 1. The number of halogens is 2. The van der Waals surface area contributed by atoms with Crippen LogP contribution in [0.15, 0.2) is 18.3 Å². The maximum atomic E-state index is 13.1. The molecule has 0 saturated heterocycles. The average Bonchev–Trinajstić information content (AvgIpc) is 2.67. The van der Waals surface area contributed by atoms with E-state index in [0.717, 1.165) is 0 Å². The van der Waals surface area contributed by atoms with Gasteiger partial charge in [-0.3, -0.25) is 15.2 Å². The summed E-state index contributed by atoms with van der Waals surface area (Å²) in [4.78, 5) is 9.91. The number of rotatable bonds is 2. The zero-order valence-corrected chi connectivity index (χ0v) is 8.28. The Morgan fingerprint density at radius 1 is 1.35 bits per heavy atom. The third-order valence-corrected chi connectivity index (χ3v) is 2.17. The summed E-state index contributed by atoms with van der Waals surface area (Å²) in [5.74, 6) is -2.49. The molecule has 1 heterocycles. The zero-order valence-electron chi connectivity index (χ0n) is 8.28. The first-order valence-electron chi connectivity index (χ1n) is 4.43. The average molecular weight is 240 g/mol. The Kier molecular flexibility index (Phi) is 2.47. The topological polar surface area (TPSA) is 97.8 Å². The molecule has 8 heteroatoms. The number of nitrogens with one attached hydrogen (secondary N) is 1. The van der Waals surface area contributed by atoms with Gasteiger partial charge in [0.25, 0.3) is 5.69 Å². The van der Waals surface area contributed by atoms with Crippen molar-refractivity contribution < 1.29 is 13.7 Å². The highest BCUT2D eigenvalue weighted by Gasteiger charge is 2.22. The molecule has 0 fully saturated rings. The maximum Gasteiger partial charge on any atom is 0.281 e. The highest BCUT2D eigenvalue weighted by molar-refractivity contribution is 5.78. The van der Waals surface area contributed by atoms with Crippen molar-refractivity contribution in [1.82, 2.24) is 10.2 Å². The predicted molar refractivity (Wildman–Crippen MR) is 55.0 cm³/mol. The lowest BCUT2D eigenvalue weighted by molar-refractivity contribution is -0.384. The molecule has 0 aliphatic rings. The summed E-state index contributed by atoms with van der Waals surface area (Å²) in [5.41, 5.74) is 4.95. The molecule has 0 unspecified atom stereocenters. The molecule has 2 aromatic rings. The number of nitrogen functional groups attached to an aromatic ring is 1. The molecule has 3 N–H and O–H groups in total. The smallest absolute Gasteiger partial charge is 0.281 e. The van der Waals surface area contributed by atoms with Gasteiger partial charge in [-0.25, -0.2) is 8.78 Å². The van der Waals surface area contributed by atoms with Crippen molar-refractivity contribution in [3.05, 3.63) is 40.1 Å². The molecule has 0 bridgehead atoms. The standard InChI is InChI=1S/C9H6F2N4O2/c10-5-1-4(9-7(12)3-13-14-9)8(15(16)17)2-6(5)11/h1-3H,12H2,(H,13,14). The molecule has 17 heavy (non-hydrogen) atoms. The van der Waals surface area contributed by atoms with Gasteiger partial charge in [-0.1, -0.05) is 0 Å². The Bertz CT molecular complexity index is 597. The molecule has 0 atom stereocenters. The number of nitro groups is 1. The minimum atomic E-state index is -1.29. The van der Waals surface area contributed by atoms with E-state index < -0.39 is 22.2 Å². The SMILES string of the molecule is Nc1cn[nH]c1-c1cc(F)c(F)cc1[N+](=O)[O-]. The fraction of sp³-hybridized carbons (Fsp3) is 0. The summed E-state index contributed by atoms with van der Waals surface area (Å²) in [5, 5.41) is 16.7. The van der Waals surface area contributed by atoms with Crippen LogP contribution in [0.25, 0.3) is 11.3 Å². The van der Waals surface area contributed by atoms with Gasteiger partial charge in [-0.2, -0.15) is 5.10 Å². The van der Waals surface area contributed by atoms with Crippen LogP contribution in [-0.4, -0.2) is 15.1 Å². The van der Waals surface area contributed by atoms with Gasteiger partial charge in [0.15, 0.2) is 11.6 Å². The molecule has 0 amide bonds. The lowest BCUT2D eigenvalue weighted by Crippen LogP contribution is -1.97. The number of nitro benzene ring substituents is 1. The molecule has 0 radical (unpaired) electrons. The van der Waals surface area contributed by atoms with E-state index in [1.165, 1.54) is 6.20 Å². The van der Waals surface area contributed by atoms with Gasteiger partial charge in [0.05, 0.1) is 34.1 Å². The second-order valence-corrected chi connectivity index (χ2v) is 3.24. The summed E-state index contributed by atoms with van der Waals surface area (Å²) >= 11 is 0. The first-order chi connectivity index (χ1) is 8.00. The second-order valence-electron chi connectivity index (χ2n) is 3.24. The third kappa shape index (κ3) is 1.80. The molecule has 1 aromatic heterocycles. The highest BCUT2D eigenvalue weighted by atomic mass is 19.2. The minimum Gasteiger partial charge on any atom is -0.396 e. The second kappa shape index (κ2) is 3.81. The Labute approximate surface area is 93.2 Å². The van der Waals surface area contributed by atoms with E-state index in [4.69, 9.17) is 5.73 Å². The molecule has 2 rings (SSSR count). The minimum absolute atomic E-state index is 0.0793. The van der Waals surface area contributed by atoms with E-state index in [-0.39, 0.29) is 16.9 Å². The van der Waals surface area contributed by atoms with Gasteiger partial charge in [0, 0.05) is 0 Å². The van der Waals surface area contributed by atoms with Gasteiger partial charge >= 0.3 is 0 Å². The van der Waals surface area contributed by atoms with Crippen LogP contribution in [0.4, 0.5) is 20.2 Å². The fourth-order valence-corrected chi connectivity index (χ4v) is 1.40. The molecule has 6 nitrogen and oxygen atoms in total. The van der Waals surface area contributed by atoms with Crippen molar-refractivity contribution >= 4 is 11.4 Å². The van der Waals surface area contributed by atoms with Gasteiger partial charge in [-0.15, -0.1) is 0 Å². The van der Waals surface area contributed by atoms with Crippen molar-refractivity contribution in [3.63, 3.8) is 0 Å². The molecule has 1 aromatic carbocycles. The summed E-state index contributed by atoms with van der Waals surface area (Å²) in [6.07, 6.45) is 1.22. The molecule has 0 aliphatic heterocycles. The van der Waals surface area contributed by atoms with Gasteiger partial charge in [-0.05, 0) is 6.07 Å². The van der Waals surface area contributed by atoms with Crippen molar-refractivity contribution in [2.24, 2.45) is 0 Å². The molecular formula is C9H6F2N4O2. The number of hydrogen-bond donors (Lipinski definition) is 2. The van der Waals surface area contributed by atoms with Crippen LogP contribution in [0.2, 0.25) is 0 Å². The van der Waals surface area contributed by atoms with E-state index in [1.807, 2.05) is 0 Å². The Morgan fingerprint density at radius 3 is 2.53 bits per heavy atom. The fourth-order valence-electron chi connectivity index (χ4n) is 1.40. The number of H-pyrrole nitrogens is 1. The maximum absolute atomic E-state index is 13.1. The number of aromatic amines is 1. The van der Waals surface area contributed by atoms with E-state index in [1.54, 1.807) is 0 Å². The summed E-state index contributed by atoms with van der Waals surface area (Å²) < 4.78 is 26.0. The first kappa shape index (κ1) is 11.0. The quantitative estimate of drug-likeness (QED) is 0.618. The van der Waals surface area contributed by atoms with Crippen LogP contribution in [-0.2, 0) is 0 Å². The van der Waals surface area contributed by atoms with Crippen LogP contribution in [0.3, 0.4) is 0 Å². The van der Waals surface area contributed by atoms with E-state index in [2.05, 4.69) is 10.2 Å². The predicted octanol–water partition coefficient (Wildman–Crippen LogP) is 1.85. The van der Waals surface area contributed by atoms with Crippen molar-refractivity contribution in [2.75, 3.05) is 5.73 Å². The number of nitrogens with two attached hydrogens (primary N) is 1. The van der Waals surface area contributed by atoms with Crippen molar-refractivity contribution in [2.45, 2.75) is 0 Å². The van der Waals surface area contributed by atoms with Crippen LogP contribution >= 0.6 is 0 Å². The van der Waals surface area contributed by atoms with Crippen LogP contribution in [0, 0.1) is 21.7 Å². The first-order valence-corrected chi connectivity index (χ1v) is 4.43. The number of hydrogen-bond acceptors (Lipinski definition) is 4. The van der Waals surface area contributed by atoms with Gasteiger partial charge in [0.2, 0.25) is 0 Å². The van der Waals surface area contributed by atoms with Gasteiger partial charge < -0.3 is 5.73 Å². The number of anilines is 1. The van der Waals surface area contributed by atoms with E-state index in [9.17, 15) is 18.9 Å². The Morgan fingerprint density at radius 2 is 2.00 bits per heavy atom. The lowest BCUT2D eigenvalue weighted by Gasteiger charge is -2.02. The molecule has 0 aliphatic carbocycles. The largest absolute Gasteiger partial charge is 0.396 e. The normalized spacial score (nSPS) is 10.5. The van der Waals surface area contributed by atoms with Crippen molar-refractivity contribution in [1.29, 1.82) is 0 Å². The van der Waals surface area contributed by atoms with Crippen molar-refractivity contribution in [3.8, 4) is 11.3 Å². The molecular weight excluding hydrogens is 234 g/mol. The van der Waals surface area contributed by atoms with Gasteiger partial charge in [0.1, 0.15) is 0 Å².